The molecule has 1 atom stereocenters. The van der Waals surface area contributed by atoms with Crippen molar-refractivity contribution in [1.82, 2.24) is 4.90 Å². The fourth-order valence-corrected chi connectivity index (χ4v) is 2.44. The number of ether oxygens (including phenoxy) is 2. The lowest BCUT2D eigenvalue weighted by Gasteiger charge is -2.26. The molecule has 4 nitrogen and oxygen atoms in total. The van der Waals surface area contributed by atoms with Gasteiger partial charge in [0.1, 0.15) is 0 Å². The van der Waals surface area contributed by atoms with Crippen LogP contribution in [-0.4, -0.2) is 61.7 Å². The third-order valence-corrected chi connectivity index (χ3v) is 3.82. The van der Waals surface area contributed by atoms with Crippen LogP contribution in [0.4, 0.5) is 0 Å². The van der Waals surface area contributed by atoms with E-state index in [0.29, 0.717) is 6.61 Å². The zero-order chi connectivity index (χ0) is 12.8. The minimum Gasteiger partial charge on any atom is -0.389 e. The molecule has 0 aromatic heterocycles. The van der Waals surface area contributed by atoms with Crippen molar-refractivity contribution in [3.8, 4) is 0 Å². The molecule has 4 heteroatoms. The van der Waals surface area contributed by atoms with Gasteiger partial charge in [0.15, 0.2) is 0 Å². The molecule has 1 saturated heterocycles. The molecule has 2 rings (SSSR count). The van der Waals surface area contributed by atoms with E-state index in [2.05, 4.69) is 11.8 Å². The van der Waals surface area contributed by atoms with Crippen molar-refractivity contribution in [2.24, 2.45) is 5.92 Å². The van der Waals surface area contributed by atoms with Crippen LogP contribution in [0.3, 0.4) is 0 Å². The van der Waals surface area contributed by atoms with Crippen molar-refractivity contribution in [2.45, 2.75) is 44.8 Å². The molecular weight excluding hydrogens is 230 g/mol. The first-order valence-corrected chi connectivity index (χ1v) is 7.37. The molecule has 1 N–H and O–H groups in total. The molecule has 1 saturated carbocycles. The summed E-state index contributed by atoms with van der Waals surface area (Å²) in [4.78, 5) is 2.34. The van der Waals surface area contributed by atoms with Gasteiger partial charge < -0.3 is 19.5 Å². The minimum atomic E-state index is -0.355. The van der Waals surface area contributed by atoms with Crippen LogP contribution in [0, 0.1) is 5.92 Å². The summed E-state index contributed by atoms with van der Waals surface area (Å²) < 4.78 is 11.0. The molecule has 106 valence electrons. The molecule has 0 aromatic carbocycles. The van der Waals surface area contributed by atoms with E-state index in [4.69, 9.17) is 9.47 Å². The summed E-state index contributed by atoms with van der Waals surface area (Å²) in [7, 11) is 0. The fraction of sp³-hybridized carbons (Fsp3) is 1.00. The maximum absolute atomic E-state index is 10.0. The highest BCUT2D eigenvalue weighted by molar-refractivity contribution is 4.78. The minimum absolute atomic E-state index is 0.284. The monoisotopic (exact) mass is 257 g/mol. The topological polar surface area (TPSA) is 41.9 Å². The maximum Gasteiger partial charge on any atom is 0.0900 e. The van der Waals surface area contributed by atoms with E-state index in [0.717, 1.165) is 51.6 Å². The molecular formula is C14H27NO3. The van der Waals surface area contributed by atoms with Crippen molar-refractivity contribution in [2.75, 3.05) is 39.5 Å². The lowest BCUT2D eigenvalue weighted by atomic mass is 10.1. The Bertz CT molecular complexity index is 227. The second-order valence-corrected chi connectivity index (χ2v) is 5.59. The van der Waals surface area contributed by atoms with E-state index in [-0.39, 0.29) is 12.2 Å². The molecule has 18 heavy (non-hydrogen) atoms. The third-order valence-electron chi connectivity index (χ3n) is 3.82. The van der Waals surface area contributed by atoms with Crippen molar-refractivity contribution < 1.29 is 14.6 Å². The molecule has 0 radical (unpaired) electrons. The quantitative estimate of drug-likeness (QED) is 0.711. The highest BCUT2D eigenvalue weighted by Crippen LogP contribution is 2.29. The average molecular weight is 257 g/mol. The molecule has 1 aliphatic carbocycles. The number of nitrogens with zero attached hydrogens (tertiary/aromatic N) is 1. The second-order valence-electron chi connectivity index (χ2n) is 5.59. The highest BCUT2D eigenvalue weighted by atomic mass is 16.5. The fourth-order valence-electron chi connectivity index (χ4n) is 2.44. The van der Waals surface area contributed by atoms with Gasteiger partial charge in [0.25, 0.3) is 0 Å². The molecule has 1 heterocycles. The summed E-state index contributed by atoms with van der Waals surface area (Å²) in [5.74, 6) is 0.883. The zero-order valence-corrected chi connectivity index (χ0v) is 11.5. The Kier molecular flexibility index (Phi) is 5.89. The third kappa shape index (κ3) is 5.22. The van der Waals surface area contributed by atoms with Gasteiger partial charge in [-0.15, -0.1) is 0 Å². The second kappa shape index (κ2) is 7.43. The van der Waals surface area contributed by atoms with Gasteiger partial charge in [-0.1, -0.05) is 6.92 Å². The molecule has 0 aromatic rings. The maximum atomic E-state index is 10.0. The standard InChI is InChI=1S/C14H27NO3/c1-2-15(9-12-3-4-12)10-13(16)11-18-14-5-7-17-8-6-14/h12-14,16H,2-11H2,1H3. The van der Waals surface area contributed by atoms with Gasteiger partial charge in [0, 0.05) is 26.3 Å². The van der Waals surface area contributed by atoms with Crippen LogP contribution in [0.15, 0.2) is 0 Å². The number of aliphatic hydroxyl groups excluding tert-OH is 1. The van der Waals surface area contributed by atoms with Crippen LogP contribution in [0.25, 0.3) is 0 Å². The largest absolute Gasteiger partial charge is 0.389 e. The molecule has 0 amide bonds. The number of aliphatic hydroxyl groups is 1. The van der Waals surface area contributed by atoms with Crippen LogP contribution in [0.5, 0.6) is 0 Å². The molecule has 0 spiro atoms. The van der Waals surface area contributed by atoms with Crippen molar-refractivity contribution >= 4 is 0 Å². The predicted octanol–water partition coefficient (Wildman–Crippen LogP) is 1.27. The van der Waals surface area contributed by atoms with Crippen molar-refractivity contribution in [3.63, 3.8) is 0 Å². The summed E-state index contributed by atoms with van der Waals surface area (Å²) >= 11 is 0. The van der Waals surface area contributed by atoms with Crippen molar-refractivity contribution in [1.29, 1.82) is 0 Å². The first kappa shape index (κ1) is 14.3. The first-order valence-electron chi connectivity index (χ1n) is 7.37. The van der Waals surface area contributed by atoms with E-state index in [1.54, 1.807) is 0 Å². The molecule has 0 bridgehead atoms. The van der Waals surface area contributed by atoms with Crippen LogP contribution < -0.4 is 0 Å². The van der Waals surface area contributed by atoms with Crippen molar-refractivity contribution in [3.05, 3.63) is 0 Å². The Labute approximate surface area is 110 Å². The molecule has 2 aliphatic rings. The Morgan fingerprint density at radius 1 is 1.28 bits per heavy atom. The van der Waals surface area contributed by atoms with Gasteiger partial charge in [0.2, 0.25) is 0 Å². The lowest BCUT2D eigenvalue weighted by molar-refractivity contribution is -0.0640. The summed E-state index contributed by atoms with van der Waals surface area (Å²) in [5, 5.41) is 10.0. The number of hydrogen-bond donors (Lipinski definition) is 1. The van der Waals surface area contributed by atoms with E-state index in [1.165, 1.54) is 12.8 Å². The summed E-state index contributed by atoms with van der Waals surface area (Å²) in [6.07, 6.45) is 4.59. The summed E-state index contributed by atoms with van der Waals surface area (Å²) in [5.41, 5.74) is 0. The Balaban J connectivity index is 1.58. The normalized spacial score (nSPS) is 23.5. The highest BCUT2D eigenvalue weighted by Gasteiger charge is 2.25. The van der Waals surface area contributed by atoms with Gasteiger partial charge in [-0.3, -0.25) is 0 Å². The number of hydrogen-bond acceptors (Lipinski definition) is 4. The lowest BCUT2D eigenvalue weighted by Crippen LogP contribution is -2.37. The van der Waals surface area contributed by atoms with E-state index >= 15 is 0 Å². The molecule has 2 fully saturated rings. The predicted molar refractivity (Wildman–Crippen MR) is 70.6 cm³/mol. The van der Waals surface area contributed by atoms with Crippen LogP contribution >= 0.6 is 0 Å². The van der Waals surface area contributed by atoms with Gasteiger partial charge in [-0.2, -0.15) is 0 Å². The average Bonchev–Trinajstić information content (AvgIpc) is 3.21. The van der Waals surface area contributed by atoms with E-state index < -0.39 is 0 Å². The van der Waals surface area contributed by atoms with Gasteiger partial charge >= 0.3 is 0 Å². The van der Waals surface area contributed by atoms with E-state index in [1.807, 2.05) is 0 Å². The van der Waals surface area contributed by atoms with Crippen LogP contribution in [0.2, 0.25) is 0 Å². The SMILES string of the molecule is CCN(CC(O)COC1CCOCC1)CC1CC1. The Morgan fingerprint density at radius 2 is 2.00 bits per heavy atom. The van der Waals surface area contributed by atoms with Gasteiger partial charge in [-0.05, 0) is 38.1 Å². The van der Waals surface area contributed by atoms with Gasteiger partial charge in [-0.25, -0.2) is 0 Å². The summed E-state index contributed by atoms with van der Waals surface area (Å²) in [6.45, 7) is 7.12. The Hall–Kier alpha value is -0.160. The van der Waals surface area contributed by atoms with Crippen LogP contribution in [0.1, 0.15) is 32.6 Å². The smallest absolute Gasteiger partial charge is 0.0900 e. The zero-order valence-electron chi connectivity index (χ0n) is 11.5. The Morgan fingerprint density at radius 3 is 2.61 bits per heavy atom. The van der Waals surface area contributed by atoms with Gasteiger partial charge in [0.05, 0.1) is 18.8 Å². The summed E-state index contributed by atoms with van der Waals surface area (Å²) in [6, 6.07) is 0. The molecule has 1 unspecified atom stereocenters. The first-order chi connectivity index (χ1) is 8.78. The van der Waals surface area contributed by atoms with Crippen LogP contribution in [-0.2, 0) is 9.47 Å². The van der Waals surface area contributed by atoms with E-state index in [9.17, 15) is 5.11 Å². The number of likely N-dealkylation sites (N-methyl/N-ethyl adjacent to an activating group) is 1. The number of rotatable bonds is 8. The molecule has 1 aliphatic heterocycles.